The first-order valence-corrected chi connectivity index (χ1v) is 11.1. The Bertz CT molecular complexity index is 1060. The molecule has 3 aromatic rings. The van der Waals surface area contributed by atoms with E-state index in [-0.39, 0.29) is 19.0 Å². The summed E-state index contributed by atoms with van der Waals surface area (Å²) in [5, 5.41) is 0. The molecule has 6 heteroatoms. The molecule has 6 nitrogen and oxygen atoms in total. The van der Waals surface area contributed by atoms with E-state index in [1.165, 1.54) is 18.2 Å². The van der Waals surface area contributed by atoms with Gasteiger partial charge in [0.05, 0.1) is 7.11 Å². The van der Waals surface area contributed by atoms with Crippen molar-refractivity contribution in [2.45, 2.75) is 59.5 Å². The van der Waals surface area contributed by atoms with Crippen molar-refractivity contribution in [1.82, 2.24) is 9.97 Å². The van der Waals surface area contributed by atoms with E-state index in [0.717, 1.165) is 40.9 Å². The lowest BCUT2D eigenvalue weighted by Gasteiger charge is -2.07. The van der Waals surface area contributed by atoms with Crippen LogP contribution >= 0.6 is 0 Å². The van der Waals surface area contributed by atoms with E-state index < -0.39 is 5.97 Å². The Kier molecular flexibility index (Phi) is 7.92. The second kappa shape index (κ2) is 10.8. The van der Waals surface area contributed by atoms with E-state index in [4.69, 9.17) is 9.47 Å². The number of nitrogens with one attached hydrogen (secondary N) is 2. The number of esters is 2. The minimum absolute atomic E-state index is 0.210. The van der Waals surface area contributed by atoms with Gasteiger partial charge in [0, 0.05) is 30.4 Å². The molecule has 2 heterocycles. The molecule has 0 unspecified atom stereocenters. The molecule has 0 aliphatic rings. The zero-order chi connectivity index (χ0) is 23.1. The summed E-state index contributed by atoms with van der Waals surface area (Å²) in [7, 11) is 1.39. The zero-order valence-corrected chi connectivity index (χ0v) is 19.3. The maximum Gasteiger partial charge on any atom is 0.355 e. The maximum atomic E-state index is 12.9. The molecule has 0 saturated heterocycles. The minimum atomic E-state index is -0.395. The highest BCUT2D eigenvalue weighted by atomic mass is 16.5. The van der Waals surface area contributed by atoms with Crippen molar-refractivity contribution < 1.29 is 19.1 Å². The highest BCUT2D eigenvalue weighted by molar-refractivity contribution is 5.90. The number of aryl methyl sites for hydroxylation is 1. The van der Waals surface area contributed by atoms with Gasteiger partial charge in [-0.25, -0.2) is 4.79 Å². The number of benzene rings is 1. The summed E-state index contributed by atoms with van der Waals surface area (Å²) in [5.41, 5.74) is 7.85. The van der Waals surface area contributed by atoms with Crippen LogP contribution in [-0.4, -0.2) is 29.0 Å². The first kappa shape index (κ1) is 23.4. The van der Waals surface area contributed by atoms with Crippen molar-refractivity contribution in [2.75, 3.05) is 7.11 Å². The highest BCUT2D eigenvalue weighted by Gasteiger charge is 2.22. The van der Waals surface area contributed by atoms with Crippen molar-refractivity contribution in [3.8, 4) is 0 Å². The van der Waals surface area contributed by atoms with Gasteiger partial charge in [-0.3, -0.25) is 4.79 Å². The SMILES string of the molecule is CCc1c[nH]c(Cc2[nH]c(C(=O)OCc3ccccc3)c(C)c2CCC(=O)OC)c1CC. The average molecular weight is 437 g/mol. The highest BCUT2D eigenvalue weighted by Crippen LogP contribution is 2.26. The van der Waals surface area contributed by atoms with Gasteiger partial charge in [-0.15, -0.1) is 0 Å². The first-order chi connectivity index (χ1) is 15.5. The van der Waals surface area contributed by atoms with Gasteiger partial charge in [0.15, 0.2) is 0 Å². The number of methoxy groups -OCH3 is 1. The van der Waals surface area contributed by atoms with Crippen molar-refractivity contribution >= 4 is 11.9 Å². The third-order valence-electron chi connectivity index (χ3n) is 5.95. The molecule has 0 amide bonds. The van der Waals surface area contributed by atoms with Gasteiger partial charge in [-0.1, -0.05) is 44.2 Å². The molecule has 0 aliphatic heterocycles. The second-order valence-corrected chi connectivity index (χ2v) is 7.87. The normalized spacial score (nSPS) is 10.9. The van der Waals surface area contributed by atoms with Crippen molar-refractivity contribution in [2.24, 2.45) is 0 Å². The van der Waals surface area contributed by atoms with Crippen LogP contribution in [0.4, 0.5) is 0 Å². The number of aromatic nitrogens is 2. The van der Waals surface area contributed by atoms with Gasteiger partial charge in [0.1, 0.15) is 12.3 Å². The molecule has 2 aromatic heterocycles. The molecule has 2 N–H and O–H groups in total. The number of H-pyrrole nitrogens is 2. The van der Waals surface area contributed by atoms with Crippen molar-refractivity contribution in [1.29, 1.82) is 0 Å². The predicted octanol–water partition coefficient (Wildman–Crippen LogP) is 4.83. The van der Waals surface area contributed by atoms with Crippen molar-refractivity contribution in [3.05, 3.63) is 81.4 Å². The largest absolute Gasteiger partial charge is 0.469 e. The van der Waals surface area contributed by atoms with Crippen LogP contribution in [-0.2, 0) is 46.6 Å². The summed E-state index contributed by atoms with van der Waals surface area (Å²) < 4.78 is 10.4. The summed E-state index contributed by atoms with van der Waals surface area (Å²) in [6, 6.07) is 9.60. The van der Waals surface area contributed by atoms with Gasteiger partial charge < -0.3 is 19.4 Å². The minimum Gasteiger partial charge on any atom is -0.469 e. The van der Waals surface area contributed by atoms with Crippen LogP contribution in [0, 0.1) is 6.92 Å². The molecule has 0 fully saturated rings. The molecular formula is C26H32N2O4. The summed E-state index contributed by atoms with van der Waals surface area (Å²) in [5.74, 6) is -0.666. The van der Waals surface area contributed by atoms with E-state index in [9.17, 15) is 9.59 Å². The van der Waals surface area contributed by atoms with Crippen LogP contribution < -0.4 is 0 Å². The summed E-state index contributed by atoms with van der Waals surface area (Å²) in [6.45, 7) is 6.41. The van der Waals surface area contributed by atoms with E-state index in [0.29, 0.717) is 18.5 Å². The van der Waals surface area contributed by atoms with Gasteiger partial charge in [0.25, 0.3) is 0 Å². The molecule has 0 saturated carbocycles. The fraction of sp³-hybridized carbons (Fsp3) is 0.385. The van der Waals surface area contributed by atoms with Crippen LogP contribution in [0.3, 0.4) is 0 Å². The molecule has 32 heavy (non-hydrogen) atoms. The van der Waals surface area contributed by atoms with Crippen molar-refractivity contribution in [3.63, 3.8) is 0 Å². The molecule has 1 aromatic carbocycles. The maximum absolute atomic E-state index is 12.9. The van der Waals surface area contributed by atoms with E-state index in [1.54, 1.807) is 0 Å². The third-order valence-corrected chi connectivity index (χ3v) is 5.95. The molecule has 0 radical (unpaired) electrons. The molecular weight excluding hydrogens is 404 g/mol. The van der Waals surface area contributed by atoms with Crippen LogP contribution in [0.25, 0.3) is 0 Å². The number of hydrogen-bond donors (Lipinski definition) is 2. The molecule has 170 valence electrons. The summed E-state index contributed by atoms with van der Waals surface area (Å²) in [6.07, 6.45) is 5.35. The summed E-state index contributed by atoms with van der Waals surface area (Å²) in [4.78, 5) is 31.4. The first-order valence-electron chi connectivity index (χ1n) is 11.1. The van der Waals surface area contributed by atoms with E-state index in [2.05, 4.69) is 30.0 Å². The summed E-state index contributed by atoms with van der Waals surface area (Å²) >= 11 is 0. The predicted molar refractivity (Wildman–Crippen MR) is 124 cm³/mol. The lowest BCUT2D eigenvalue weighted by Crippen LogP contribution is -2.07. The number of hydrogen-bond acceptors (Lipinski definition) is 4. The number of carbonyl (C=O) groups excluding carboxylic acids is 2. The zero-order valence-electron chi connectivity index (χ0n) is 19.3. The topological polar surface area (TPSA) is 84.2 Å². The Morgan fingerprint density at radius 3 is 2.41 bits per heavy atom. The van der Waals surface area contributed by atoms with Gasteiger partial charge in [-0.2, -0.15) is 0 Å². The number of carbonyl (C=O) groups is 2. The molecule has 0 bridgehead atoms. The number of ether oxygens (including phenoxy) is 2. The Morgan fingerprint density at radius 1 is 1.00 bits per heavy atom. The van der Waals surface area contributed by atoms with Crippen LogP contribution in [0.2, 0.25) is 0 Å². The third kappa shape index (κ3) is 5.31. The smallest absolute Gasteiger partial charge is 0.355 e. The average Bonchev–Trinajstić information content (AvgIpc) is 3.36. The van der Waals surface area contributed by atoms with E-state index in [1.807, 2.05) is 37.3 Å². The molecule has 3 rings (SSSR count). The fourth-order valence-electron chi connectivity index (χ4n) is 4.15. The van der Waals surface area contributed by atoms with Crippen LogP contribution in [0.1, 0.15) is 70.0 Å². The Labute approximate surface area is 189 Å². The Morgan fingerprint density at radius 2 is 1.75 bits per heavy atom. The van der Waals surface area contributed by atoms with Gasteiger partial charge in [-0.05, 0) is 54.0 Å². The Balaban J connectivity index is 1.88. The molecule has 0 aliphatic carbocycles. The number of rotatable bonds is 10. The van der Waals surface area contributed by atoms with Crippen LogP contribution in [0.15, 0.2) is 36.5 Å². The second-order valence-electron chi connectivity index (χ2n) is 7.87. The number of aromatic amines is 2. The lowest BCUT2D eigenvalue weighted by atomic mass is 9.99. The molecule has 0 atom stereocenters. The fourth-order valence-corrected chi connectivity index (χ4v) is 4.15. The Hall–Kier alpha value is -3.28. The monoisotopic (exact) mass is 436 g/mol. The quantitative estimate of drug-likeness (QED) is 0.446. The van der Waals surface area contributed by atoms with Gasteiger partial charge in [0.2, 0.25) is 0 Å². The lowest BCUT2D eigenvalue weighted by molar-refractivity contribution is -0.140. The van der Waals surface area contributed by atoms with Gasteiger partial charge >= 0.3 is 11.9 Å². The standard InChI is InChI=1S/C26H32N2O4/c1-5-19-15-27-22(20(19)6-2)14-23-21(12-13-24(29)31-4)17(3)25(28-23)26(30)32-16-18-10-8-7-9-11-18/h7-11,15,27-28H,5-6,12-14,16H2,1-4H3. The molecule has 0 spiro atoms. The van der Waals surface area contributed by atoms with Crippen LogP contribution in [0.5, 0.6) is 0 Å². The van der Waals surface area contributed by atoms with E-state index >= 15 is 0 Å².